The number of halogens is 3. The highest BCUT2D eigenvalue weighted by atomic mass is 19.3. The van der Waals surface area contributed by atoms with Gasteiger partial charge in [-0.25, -0.2) is 28.1 Å². The molecule has 3 N–H and O–H groups in total. The van der Waals surface area contributed by atoms with Gasteiger partial charge in [0.05, 0.1) is 12.1 Å². The molecule has 3 aromatic rings. The summed E-state index contributed by atoms with van der Waals surface area (Å²) >= 11 is 0. The first-order chi connectivity index (χ1) is 12.1. The van der Waals surface area contributed by atoms with E-state index in [9.17, 15) is 13.2 Å². The van der Waals surface area contributed by atoms with Gasteiger partial charge in [-0.15, -0.1) is 0 Å². The number of alkyl halides is 2. The first-order valence-corrected chi connectivity index (χ1v) is 7.29. The molecule has 0 saturated carbocycles. The fraction of sp³-hybridized carbons (Fsp3) is 0.200. The topological polar surface area (TPSA) is 94.5 Å². The Hall–Kier alpha value is -3.01. The van der Waals surface area contributed by atoms with E-state index in [0.29, 0.717) is 11.8 Å². The van der Waals surface area contributed by atoms with Gasteiger partial charge in [-0.3, -0.25) is 4.68 Å². The molecule has 0 aliphatic rings. The Morgan fingerprint density at radius 1 is 1.12 bits per heavy atom. The monoisotopic (exact) mass is 349 g/mol. The summed E-state index contributed by atoms with van der Waals surface area (Å²) < 4.78 is 42.0. The van der Waals surface area contributed by atoms with Crippen molar-refractivity contribution in [2.45, 2.75) is 19.5 Å². The molecule has 0 atom stereocenters. The normalized spacial score (nSPS) is 11.1. The maximum Gasteiger partial charge on any atom is 0.266 e. The predicted octanol–water partition coefficient (Wildman–Crippen LogP) is 2.40. The highest BCUT2D eigenvalue weighted by molar-refractivity contribution is 5.45. The first-order valence-electron chi connectivity index (χ1n) is 7.29. The molecule has 0 unspecified atom stereocenters. The highest BCUT2D eigenvalue weighted by Gasteiger charge is 2.20. The van der Waals surface area contributed by atoms with Gasteiger partial charge in [0.1, 0.15) is 18.5 Å². The van der Waals surface area contributed by atoms with E-state index in [1.165, 1.54) is 29.5 Å². The number of nitrogens with one attached hydrogen (secondary N) is 1. The van der Waals surface area contributed by atoms with E-state index < -0.39 is 17.8 Å². The number of hydrogen-bond acceptors (Lipinski definition) is 6. The average Bonchev–Trinajstić information content (AvgIpc) is 3.04. The van der Waals surface area contributed by atoms with Crippen LogP contribution in [-0.4, -0.2) is 24.7 Å². The van der Waals surface area contributed by atoms with Crippen LogP contribution in [0.15, 0.2) is 37.1 Å². The molecule has 0 radical (unpaired) electrons. The number of nitrogens with zero attached hydrogens (tertiary/aromatic N) is 5. The van der Waals surface area contributed by atoms with Gasteiger partial charge in [0, 0.05) is 24.4 Å². The lowest BCUT2D eigenvalue weighted by atomic mass is 10.0. The smallest absolute Gasteiger partial charge is 0.266 e. The molecule has 2 heterocycles. The second-order valence-corrected chi connectivity index (χ2v) is 5.10. The molecule has 10 heteroatoms. The van der Waals surface area contributed by atoms with E-state index >= 15 is 0 Å². The number of anilines is 2. The molecular formula is C15H14F3N7. The fourth-order valence-electron chi connectivity index (χ4n) is 2.32. The number of nitrogens with two attached hydrogens (primary N) is 1. The van der Waals surface area contributed by atoms with E-state index in [2.05, 4.69) is 25.4 Å². The van der Waals surface area contributed by atoms with Crippen LogP contribution in [0.3, 0.4) is 0 Å². The Labute approximate surface area is 140 Å². The Morgan fingerprint density at radius 3 is 2.52 bits per heavy atom. The summed E-state index contributed by atoms with van der Waals surface area (Å²) in [6.45, 7) is -0.159. The van der Waals surface area contributed by atoms with E-state index in [-0.39, 0.29) is 24.2 Å². The third kappa shape index (κ3) is 3.74. The summed E-state index contributed by atoms with van der Waals surface area (Å²) in [4.78, 5) is 11.5. The van der Waals surface area contributed by atoms with Crippen molar-refractivity contribution in [3.8, 4) is 0 Å². The van der Waals surface area contributed by atoms with Crippen LogP contribution in [0.4, 0.5) is 24.9 Å². The summed E-state index contributed by atoms with van der Waals surface area (Å²) in [7, 11) is 0. The third-order valence-electron chi connectivity index (χ3n) is 3.49. The largest absolute Gasteiger partial charge is 0.326 e. The van der Waals surface area contributed by atoms with Gasteiger partial charge in [-0.05, 0) is 5.56 Å². The third-order valence-corrected chi connectivity index (χ3v) is 3.49. The van der Waals surface area contributed by atoms with Crippen molar-refractivity contribution in [1.82, 2.24) is 24.7 Å². The van der Waals surface area contributed by atoms with Gasteiger partial charge in [-0.2, -0.15) is 5.10 Å². The van der Waals surface area contributed by atoms with Crippen molar-refractivity contribution in [1.29, 1.82) is 0 Å². The van der Waals surface area contributed by atoms with Gasteiger partial charge in [0.25, 0.3) is 6.43 Å². The second kappa shape index (κ2) is 7.26. The van der Waals surface area contributed by atoms with Crippen molar-refractivity contribution in [3.63, 3.8) is 0 Å². The lowest BCUT2D eigenvalue weighted by Crippen LogP contribution is -2.10. The van der Waals surface area contributed by atoms with Crippen LogP contribution >= 0.6 is 0 Å². The van der Waals surface area contributed by atoms with Crippen LogP contribution in [0.5, 0.6) is 0 Å². The van der Waals surface area contributed by atoms with Crippen LogP contribution in [0.1, 0.15) is 23.1 Å². The van der Waals surface area contributed by atoms with Gasteiger partial charge in [0.2, 0.25) is 5.95 Å². The van der Waals surface area contributed by atoms with Crippen LogP contribution < -0.4 is 11.1 Å². The Morgan fingerprint density at radius 2 is 1.84 bits per heavy atom. The number of hydrogen-bond donors (Lipinski definition) is 2. The maximum atomic E-state index is 14.4. The van der Waals surface area contributed by atoms with E-state index in [0.717, 1.165) is 0 Å². The predicted molar refractivity (Wildman–Crippen MR) is 83.7 cm³/mol. The van der Waals surface area contributed by atoms with Crippen LogP contribution in [0, 0.1) is 5.82 Å². The minimum Gasteiger partial charge on any atom is -0.326 e. The molecule has 130 valence electrons. The van der Waals surface area contributed by atoms with Crippen LogP contribution in [0.25, 0.3) is 0 Å². The minimum absolute atomic E-state index is 0.00468. The molecule has 0 spiro atoms. The van der Waals surface area contributed by atoms with Crippen molar-refractivity contribution >= 4 is 11.8 Å². The zero-order chi connectivity index (χ0) is 17.8. The van der Waals surface area contributed by atoms with Crippen LogP contribution in [0.2, 0.25) is 0 Å². The molecule has 0 aliphatic heterocycles. The zero-order valence-corrected chi connectivity index (χ0v) is 12.9. The quantitative estimate of drug-likeness (QED) is 0.710. The molecule has 0 fully saturated rings. The van der Waals surface area contributed by atoms with Crippen molar-refractivity contribution in [2.24, 2.45) is 5.73 Å². The van der Waals surface area contributed by atoms with Crippen molar-refractivity contribution < 1.29 is 13.2 Å². The van der Waals surface area contributed by atoms with Gasteiger partial charge < -0.3 is 11.1 Å². The van der Waals surface area contributed by atoms with Crippen molar-refractivity contribution in [3.05, 3.63) is 59.6 Å². The van der Waals surface area contributed by atoms with Gasteiger partial charge in [-0.1, -0.05) is 12.1 Å². The standard InChI is InChI=1S/C15H14F3N7/c16-13-10(2-1-9(5-19)12(13)14(17)18)6-25-4-3-11(24-25)23-15-21-7-20-8-22-15/h1-4,7-8,14H,5-6,19H2,(H,20,21,22,23,24). The van der Waals surface area contributed by atoms with Gasteiger partial charge >= 0.3 is 0 Å². The summed E-state index contributed by atoms with van der Waals surface area (Å²) in [6, 6.07) is 4.47. The Balaban J connectivity index is 1.80. The Bertz CT molecular complexity index is 852. The zero-order valence-electron chi connectivity index (χ0n) is 12.9. The second-order valence-electron chi connectivity index (χ2n) is 5.10. The lowest BCUT2D eigenvalue weighted by molar-refractivity contribution is 0.144. The number of benzene rings is 1. The van der Waals surface area contributed by atoms with Gasteiger partial charge in [0.15, 0.2) is 5.82 Å². The highest BCUT2D eigenvalue weighted by Crippen LogP contribution is 2.28. The summed E-state index contributed by atoms with van der Waals surface area (Å²) in [6.07, 6.45) is 1.30. The number of aromatic nitrogens is 5. The summed E-state index contributed by atoms with van der Waals surface area (Å²) in [5, 5.41) is 7.03. The van der Waals surface area contributed by atoms with E-state index in [1.54, 1.807) is 12.3 Å². The van der Waals surface area contributed by atoms with Crippen LogP contribution in [-0.2, 0) is 13.1 Å². The summed E-state index contributed by atoms with van der Waals surface area (Å²) in [5.74, 6) is -0.224. The molecule has 0 aliphatic carbocycles. The lowest BCUT2D eigenvalue weighted by Gasteiger charge is -2.12. The SMILES string of the molecule is NCc1ccc(Cn2ccc(Nc3ncncn3)n2)c(F)c1C(F)F. The molecule has 1 aromatic carbocycles. The average molecular weight is 349 g/mol. The Kier molecular flexibility index (Phi) is 4.89. The molecular weight excluding hydrogens is 335 g/mol. The van der Waals surface area contributed by atoms with E-state index in [4.69, 9.17) is 5.73 Å². The molecule has 0 amide bonds. The molecule has 3 rings (SSSR count). The fourth-order valence-corrected chi connectivity index (χ4v) is 2.32. The first kappa shape index (κ1) is 16.8. The molecule has 7 nitrogen and oxygen atoms in total. The van der Waals surface area contributed by atoms with Crippen molar-refractivity contribution in [2.75, 3.05) is 5.32 Å². The number of rotatable bonds is 6. The maximum absolute atomic E-state index is 14.4. The molecule has 0 saturated heterocycles. The molecule has 0 bridgehead atoms. The summed E-state index contributed by atoms with van der Waals surface area (Å²) in [5.41, 5.74) is 4.93. The van der Waals surface area contributed by atoms with E-state index in [1.807, 2.05) is 0 Å². The minimum atomic E-state index is -2.93. The molecule has 25 heavy (non-hydrogen) atoms. The molecule has 2 aromatic heterocycles.